The molecule has 0 amide bonds. The van der Waals surface area contributed by atoms with E-state index in [9.17, 15) is 61.3 Å². The van der Waals surface area contributed by atoms with Crippen LogP contribution in [0, 0.1) is 0 Å². The molecular weight excluding hydrogens is 688 g/mol. The Morgan fingerprint density at radius 2 is 1.35 bits per heavy atom. The van der Waals surface area contributed by atoms with E-state index in [1.54, 1.807) is 0 Å². The summed E-state index contributed by atoms with van der Waals surface area (Å²) < 4.78 is 23.8. The average Bonchev–Trinajstić information content (AvgIpc) is 3.10. The van der Waals surface area contributed by atoms with Gasteiger partial charge in [0.2, 0.25) is 12.0 Å². The molecule has 3 heterocycles. The first-order valence-electron chi connectivity index (χ1n) is 15.8. The van der Waals surface area contributed by atoms with Crippen molar-refractivity contribution in [1.82, 2.24) is 0 Å². The largest absolute Gasteiger partial charge is 0.508 e. The summed E-state index contributed by atoms with van der Waals surface area (Å²) in [6, 6.07) is 13.4. The van der Waals surface area contributed by atoms with Crippen molar-refractivity contribution in [2.75, 3.05) is 6.61 Å². The van der Waals surface area contributed by atoms with Gasteiger partial charge < -0.3 is 75.5 Å². The molecule has 4 aromatic carbocycles. The van der Waals surface area contributed by atoms with E-state index >= 15 is 0 Å². The normalized spacial score (nSPS) is 25.7. The molecule has 16 heteroatoms. The molecular formula is C36H33O16+. The highest BCUT2D eigenvalue weighted by molar-refractivity contribution is 5.92. The molecule has 16 nitrogen and oxygen atoms in total. The zero-order chi connectivity index (χ0) is 37.2. The van der Waals surface area contributed by atoms with Crippen LogP contribution >= 0.6 is 0 Å². The van der Waals surface area contributed by atoms with Crippen molar-refractivity contribution < 1.29 is 79.9 Å². The first-order valence-corrected chi connectivity index (χ1v) is 15.8. The fourth-order valence-electron chi connectivity index (χ4n) is 6.61. The predicted molar refractivity (Wildman–Crippen MR) is 176 cm³/mol. The Hall–Kier alpha value is -5.75. The van der Waals surface area contributed by atoms with Gasteiger partial charge >= 0.3 is 11.3 Å². The maximum Gasteiger partial charge on any atom is 0.402 e. The van der Waals surface area contributed by atoms with Crippen LogP contribution in [0.5, 0.6) is 51.7 Å². The lowest BCUT2D eigenvalue weighted by atomic mass is 9.78. The molecule has 12 N–H and O–H groups in total. The standard InChI is InChI=1S/C36H32O16/c37-12-25-29(45)31(47)32(48)36(51-25)50-24-10-17-19(41)11-22(44)27(35(17)52-33(24)13-1-4-15(38)5-2-13)28-26-21(43)8-16(39)9-23(26)49-34(30(28)46)14-3-6-18(40)20(42)7-14/h1-11,25,28-32,34,36-37,45-48H,12H2,(H6-,38,39,40,41,42,43,44)/p+1/t25-,28+,29-,30-,31+,32-,34-,36-/m1/s1. The molecule has 7 rings (SSSR count). The van der Waals surface area contributed by atoms with Crippen molar-refractivity contribution in [1.29, 1.82) is 0 Å². The number of aromatic hydroxyl groups is 7. The summed E-state index contributed by atoms with van der Waals surface area (Å²) >= 11 is 0. The van der Waals surface area contributed by atoms with E-state index < -0.39 is 89.9 Å². The van der Waals surface area contributed by atoms with Gasteiger partial charge in [0.1, 0.15) is 76.0 Å². The summed E-state index contributed by atoms with van der Waals surface area (Å²) in [7, 11) is 0. The Kier molecular flexibility index (Phi) is 8.74. The molecule has 1 fully saturated rings. The quantitative estimate of drug-likeness (QED) is 0.0883. The van der Waals surface area contributed by atoms with Gasteiger partial charge in [-0.1, -0.05) is 6.07 Å². The molecule has 0 aliphatic carbocycles. The van der Waals surface area contributed by atoms with Gasteiger partial charge in [0.15, 0.2) is 17.6 Å². The van der Waals surface area contributed by atoms with Gasteiger partial charge in [-0.2, -0.15) is 0 Å². The van der Waals surface area contributed by atoms with Crippen molar-refractivity contribution in [3.8, 4) is 63.1 Å². The minimum atomic E-state index is -1.84. The lowest BCUT2D eigenvalue weighted by Gasteiger charge is -2.39. The van der Waals surface area contributed by atoms with Crippen LogP contribution in [-0.2, 0) is 4.74 Å². The van der Waals surface area contributed by atoms with Gasteiger partial charge in [0.25, 0.3) is 0 Å². The number of aliphatic hydroxyl groups excluding tert-OH is 5. The molecule has 0 bridgehead atoms. The summed E-state index contributed by atoms with van der Waals surface area (Å²) in [5.41, 5.74) is -0.182. The van der Waals surface area contributed by atoms with Crippen LogP contribution < -0.4 is 9.47 Å². The van der Waals surface area contributed by atoms with E-state index in [0.29, 0.717) is 0 Å². The summed E-state index contributed by atoms with van der Waals surface area (Å²) in [4.78, 5) is 0. The lowest BCUT2D eigenvalue weighted by Crippen LogP contribution is -2.60. The molecule has 8 atom stereocenters. The molecule has 2 aliphatic rings. The second-order valence-electron chi connectivity index (χ2n) is 12.5. The van der Waals surface area contributed by atoms with Gasteiger partial charge in [-0.15, -0.1) is 0 Å². The van der Waals surface area contributed by atoms with E-state index in [1.807, 2.05) is 0 Å². The Labute approximate surface area is 292 Å². The minimum Gasteiger partial charge on any atom is -0.508 e. The van der Waals surface area contributed by atoms with Crippen molar-refractivity contribution in [3.05, 3.63) is 83.4 Å². The van der Waals surface area contributed by atoms with Crippen molar-refractivity contribution in [3.63, 3.8) is 0 Å². The van der Waals surface area contributed by atoms with E-state index in [2.05, 4.69) is 0 Å². The maximum atomic E-state index is 12.0. The van der Waals surface area contributed by atoms with Crippen LogP contribution in [0.1, 0.15) is 28.7 Å². The minimum absolute atomic E-state index is 0.102. The fraction of sp³-hybridized carbons (Fsp3) is 0.250. The van der Waals surface area contributed by atoms with Gasteiger partial charge in [0, 0.05) is 29.8 Å². The Bertz CT molecular complexity index is 2150. The Balaban J connectivity index is 1.46. The Morgan fingerprint density at radius 1 is 0.635 bits per heavy atom. The van der Waals surface area contributed by atoms with E-state index in [0.717, 1.165) is 30.3 Å². The molecule has 0 saturated carbocycles. The molecule has 272 valence electrons. The molecule has 52 heavy (non-hydrogen) atoms. The number of fused-ring (bicyclic) bond motifs is 2. The first kappa shape index (κ1) is 34.7. The molecule has 1 aromatic heterocycles. The fourth-order valence-corrected chi connectivity index (χ4v) is 6.61. The van der Waals surface area contributed by atoms with Crippen LogP contribution in [0.2, 0.25) is 0 Å². The number of phenols is 7. The van der Waals surface area contributed by atoms with Crippen LogP contribution in [0.25, 0.3) is 22.3 Å². The van der Waals surface area contributed by atoms with Crippen LogP contribution in [0.15, 0.2) is 71.1 Å². The molecule has 0 spiro atoms. The summed E-state index contributed by atoms with van der Waals surface area (Å²) in [6.07, 6.45) is -11.4. The van der Waals surface area contributed by atoms with Gasteiger partial charge in [-0.3, -0.25) is 0 Å². The van der Waals surface area contributed by atoms with E-state index in [-0.39, 0.29) is 56.2 Å². The van der Waals surface area contributed by atoms with Crippen molar-refractivity contribution in [2.45, 2.75) is 48.8 Å². The molecule has 0 radical (unpaired) electrons. The van der Waals surface area contributed by atoms with Crippen LogP contribution in [-0.4, -0.2) is 105 Å². The number of hydrogen-bond acceptors (Lipinski definition) is 15. The molecule has 5 aromatic rings. The van der Waals surface area contributed by atoms with Crippen LogP contribution in [0.3, 0.4) is 0 Å². The lowest BCUT2D eigenvalue weighted by molar-refractivity contribution is -0.277. The topological polar surface area (TPSA) is 282 Å². The molecule has 0 unspecified atom stereocenters. The third-order valence-corrected chi connectivity index (χ3v) is 9.20. The highest BCUT2D eigenvalue weighted by atomic mass is 16.7. The number of aliphatic hydroxyl groups is 5. The third kappa shape index (κ3) is 5.82. The van der Waals surface area contributed by atoms with Gasteiger partial charge in [-0.05, 0) is 42.0 Å². The van der Waals surface area contributed by atoms with E-state index in [1.165, 1.54) is 36.4 Å². The zero-order valence-electron chi connectivity index (χ0n) is 26.7. The summed E-state index contributed by atoms with van der Waals surface area (Å²) in [5.74, 6) is -5.21. The average molecular weight is 722 g/mol. The smallest absolute Gasteiger partial charge is 0.402 e. The third-order valence-electron chi connectivity index (χ3n) is 9.20. The highest BCUT2D eigenvalue weighted by Crippen LogP contribution is 2.55. The van der Waals surface area contributed by atoms with Gasteiger partial charge in [-0.25, -0.2) is 4.42 Å². The summed E-state index contributed by atoms with van der Waals surface area (Å²) in [5, 5.41) is 127. The second-order valence-corrected chi connectivity index (χ2v) is 12.5. The maximum absolute atomic E-state index is 12.0. The highest BCUT2D eigenvalue weighted by Gasteiger charge is 2.48. The Morgan fingerprint density at radius 3 is 2.04 bits per heavy atom. The van der Waals surface area contributed by atoms with Crippen molar-refractivity contribution >= 4 is 11.0 Å². The number of rotatable bonds is 6. The van der Waals surface area contributed by atoms with Crippen LogP contribution in [0.4, 0.5) is 0 Å². The monoisotopic (exact) mass is 721 g/mol. The predicted octanol–water partition coefficient (Wildman–Crippen LogP) is 2.13. The number of benzene rings is 4. The second kappa shape index (κ2) is 13.1. The van der Waals surface area contributed by atoms with E-state index in [4.69, 9.17) is 18.6 Å². The SMILES string of the molecule is OC[C@H]1O[C@@H](Oc2cc3c(O)cc(O)c([C@@H]4c5c(O)cc(O)cc5O[C@H](c5ccc(O)c(O)c5)[C@@H]4O)c3[o+]c2-c2ccc(O)cc2)[C@H](O)[C@@H](O)[C@@H]1O. The first-order chi connectivity index (χ1) is 24.8. The molecule has 1 saturated heterocycles. The molecule has 2 aliphatic heterocycles. The number of ether oxygens (including phenoxy) is 3. The van der Waals surface area contributed by atoms with Gasteiger partial charge in [0.05, 0.1) is 18.1 Å². The number of phenolic OH excluding ortho intramolecular Hbond substituents is 7. The number of hydrogen-bond donors (Lipinski definition) is 12. The van der Waals surface area contributed by atoms with Crippen molar-refractivity contribution in [2.24, 2.45) is 0 Å². The summed E-state index contributed by atoms with van der Waals surface area (Å²) in [6.45, 7) is -0.745. The zero-order valence-corrected chi connectivity index (χ0v) is 26.7.